The maximum Gasteiger partial charge on any atom is 0.410 e. The van der Waals surface area contributed by atoms with Crippen LogP contribution in [0.4, 0.5) is 20.6 Å². The van der Waals surface area contributed by atoms with Crippen molar-refractivity contribution in [1.29, 1.82) is 0 Å². The molecule has 8 heteroatoms. The molecular weight excluding hydrogens is 377 g/mol. The second-order valence-corrected chi connectivity index (χ2v) is 8.52. The summed E-state index contributed by atoms with van der Waals surface area (Å²) in [4.78, 5) is 28.5. The number of benzene rings is 1. The number of rotatable bonds is 3. The van der Waals surface area contributed by atoms with E-state index in [0.717, 1.165) is 6.42 Å². The first-order valence-corrected chi connectivity index (χ1v) is 10.1. The summed E-state index contributed by atoms with van der Waals surface area (Å²) in [6.45, 7) is 8.76. The van der Waals surface area contributed by atoms with Crippen molar-refractivity contribution in [3.63, 3.8) is 0 Å². The van der Waals surface area contributed by atoms with Crippen molar-refractivity contribution < 1.29 is 23.5 Å². The third-order valence-corrected chi connectivity index (χ3v) is 5.01. The Morgan fingerprint density at radius 3 is 2.59 bits per heavy atom. The number of nitrogens with one attached hydrogen (secondary N) is 1. The van der Waals surface area contributed by atoms with Crippen LogP contribution >= 0.6 is 0 Å². The Morgan fingerprint density at radius 1 is 1.21 bits per heavy atom. The van der Waals surface area contributed by atoms with Gasteiger partial charge in [-0.15, -0.1) is 0 Å². The summed E-state index contributed by atoms with van der Waals surface area (Å²) in [7, 11) is 0. The lowest BCUT2D eigenvalue weighted by Gasteiger charge is -2.33. The molecule has 2 saturated heterocycles. The molecule has 2 amide bonds. The third-order valence-electron chi connectivity index (χ3n) is 5.01. The lowest BCUT2D eigenvalue weighted by atomic mass is 9.97. The predicted molar refractivity (Wildman–Crippen MR) is 109 cm³/mol. The minimum atomic E-state index is -0.577. The first-order chi connectivity index (χ1) is 13.7. The molecule has 2 aliphatic heterocycles. The van der Waals surface area contributed by atoms with Gasteiger partial charge in [-0.25, -0.2) is 9.18 Å². The van der Waals surface area contributed by atoms with E-state index in [1.54, 1.807) is 17.0 Å². The van der Waals surface area contributed by atoms with E-state index in [-0.39, 0.29) is 17.6 Å². The summed E-state index contributed by atoms with van der Waals surface area (Å²) in [6, 6.07) is 4.74. The van der Waals surface area contributed by atoms with Gasteiger partial charge in [0.25, 0.3) is 0 Å². The highest BCUT2D eigenvalue weighted by Gasteiger charge is 2.31. The van der Waals surface area contributed by atoms with Crippen LogP contribution in [0, 0.1) is 11.7 Å². The number of carbonyl (C=O) groups is 2. The van der Waals surface area contributed by atoms with Gasteiger partial charge in [-0.05, 0) is 51.8 Å². The number of halogens is 1. The first-order valence-electron chi connectivity index (χ1n) is 10.1. The number of anilines is 2. The Labute approximate surface area is 171 Å². The van der Waals surface area contributed by atoms with Gasteiger partial charge >= 0.3 is 6.09 Å². The molecule has 1 unspecified atom stereocenters. The van der Waals surface area contributed by atoms with Gasteiger partial charge in [-0.3, -0.25) is 4.79 Å². The summed E-state index contributed by atoms with van der Waals surface area (Å²) in [5.74, 6) is -0.932. The zero-order valence-electron chi connectivity index (χ0n) is 17.4. The minimum absolute atomic E-state index is 0.211. The molecule has 0 aromatic heterocycles. The fourth-order valence-corrected chi connectivity index (χ4v) is 3.57. The van der Waals surface area contributed by atoms with Gasteiger partial charge in [0.15, 0.2) is 0 Å². The van der Waals surface area contributed by atoms with Crippen LogP contribution in [0.3, 0.4) is 0 Å². The fraction of sp³-hybridized carbons (Fsp3) is 0.619. The van der Waals surface area contributed by atoms with Crippen LogP contribution in [-0.4, -0.2) is 61.9 Å². The van der Waals surface area contributed by atoms with E-state index in [1.807, 2.05) is 25.7 Å². The average molecular weight is 407 g/mol. The fourth-order valence-electron chi connectivity index (χ4n) is 3.57. The molecule has 0 spiro atoms. The molecule has 0 bridgehead atoms. The van der Waals surface area contributed by atoms with E-state index in [9.17, 15) is 14.0 Å². The Morgan fingerprint density at radius 2 is 1.93 bits per heavy atom. The number of piperidine rings is 1. The quantitative estimate of drug-likeness (QED) is 0.833. The molecule has 1 atom stereocenters. The maximum absolute atomic E-state index is 14.5. The van der Waals surface area contributed by atoms with Crippen molar-refractivity contribution in [3.05, 3.63) is 24.0 Å². The van der Waals surface area contributed by atoms with E-state index in [1.165, 1.54) is 6.07 Å². The van der Waals surface area contributed by atoms with E-state index in [4.69, 9.17) is 9.47 Å². The smallest absolute Gasteiger partial charge is 0.410 e. The van der Waals surface area contributed by atoms with Crippen LogP contribution in [-0.2, 0) is 14.3 Å². The Hall–Kier alpha value is -2.35. The number of nitrogens with zero attached hydrogens (tertiary/aromatic N) is 2. The highest BCUT2D eigenvalue weighted by atomic mass is 19.1. The summed E-state index contributed by atoms with van der Waals surface area (Å²) in [5, 5.41) is 2.79. The van der Waals surface area contributed by atoms with Gasteiger partial charge in [-0.2, -0.15) is 0 Å². The largest absolute Gasteiger partial charge is 0.444 e. The van der Waals surface area contributed by atoms with Crippen molar-refractivity contribution in [3.8, 4) is 0 Å². The van der Waals surface area contributed by atoms with E-state index < -0.39 is 11.7 Å². The Kier molecular flexibility index (Phi) is 6.62. The number of hydrogen-bond acceptors (Lipinski definition) is 5. The van der Waals surface area contributed by atoms with Gasteiger partial charge < -0.3 is 24.6 Å². The molecular formula is C21H30FN3O4. The molecule has 29 heavy (non-hydrogen) atoms. The molecule has 2 aliphatic rings. The van der Waals surface area contributed by atoms with Gasteiger partial charge in [0.1, 0.15) is 11.4 Å². The molecule has 1 N–H and O–H groups in total. The second-order valence-electron chi connectivity index (χ2n) is 8.52. The van der Waals surface area contributed by atoms with Crippen LogP contribution < -0.4 is 10.2 Å². The molecule has 2 heterocycles. The monoisotopic (exact) mass is 407 g/mol. The SMILES string of the molecule is CC(C)(C)OC(=O)N1CCCC(C(=O)Nc2ccc(N3CCOCC3)c(F)c2)C1. The molecule has 0 aliphatic carbocycles. The number of likely N-dealkylation sites (tertiary alicyclic amines) is 1. The minimum Gasteiger partial charge on any atom is -0.444 e. The molecule has 160 valence electrons. The zero-order chi connectivity index (χ0) is 21.0. The predicted octanol–water partition coefficient (Wildman–Crippen LogP) is 3.25. The summed E-state index contributed by atoms with van der Waals surface area (Å²) >= 11 is 0. The number of morpholine rings is 1. The molecule has 0 radical (unpaired) electrons. The van der Waals surface area contributed by atoms with Crippen LogP contribution in [0.15, 0.2) is 18.2 Å². The standard InChI is InChI=1S/C21H30FN3O4/c1-21(2,3)29-20(27)25-8-4-5-15(14-25)19(26)23-16-6-7-18(17(22)13-16)24-9-11-28-12-10-24/h6-7,13,15H,4-5,8-12,14H2,1-3H3,(H,23,26). The van der Waals surface area contributed by atoms with Crippen molar-refractivity contribution >= 4 is 23.4 Å². The third kappa shape index (κ3) is 5.82. The molecule has 7 nitrogen and oxygen atoms in total. The van der Waals surface area contributed by atoms with E-state index in [0.29, 0.717) is 57.2 Å². The van der Waals surface area contributed by atoms with Gasteiger partial charge in [0, 0.05) is 31.9 Å². The summed E-state index contributed by atoms with van der Waals surface area (Å²) < 4.78 is 25.3. The lowest BCUT2D eigenvalue weighted by Crippen LogP contribution is -2.45. The van der Waals surface area contributed by atoms with Crippen molar-refractivity contribution in [2.75, 3.05) is 49.6 Å². The van der Waals surface area contributed by atoms with Crippen LogP contribution in [0.25, 0.3) is 0 Å². The number of amides is 2. The Balaban J connectivity index is 1.59. The van der Waals surface area contributed by atoms with Crippen molar-refractivity contribution in [2.45, 2.75) is 39.2 Å². The van der Waals surface area contributed by atoms with Crippen LogP contribution in [0.5, 0.6) is 0 Å². The summed E-state index contributed by atoms with van der Waals surface area (Å²) in [5.41, 5.74) is 0.352. The van der Waals surface area contributed by atoms with Gasteiger partial charge in [-0.1, -0.05) is 0 Å². The number of ether oxygens (including phenoxy) is 2. The number of hydrogen-bond donors (Lipinski definition) is 1. The Bertz CT molecular complexity index is 744. The second kappa shape index (κ2) is 8.98. The van der Waals surface area contributed by atoms with E-state index in [2.05, 4.69) is 5.32 Å². The summed E-state index contributed by atoms with van der Waals surface area (Å²) in [6.07, 6.45) is 0.997. The molecule has 2 fully saturated rings. The zero-order valence-corrected chi connectivity index (χ0v) is 17.4. The normalized spacial score (nSPS) is 20.3. The highest BCUT2D eigenvalue weighted by Crippen LogP contribution is 2.25. The van der Waals surface area contributed by atoms with Crippen molar-refractivity contribution in [2.24, 2.45) is 5.92 Å². The lowest BCUT2D eigenvalue weighted by molar-refractivity contribution is -0.121. The first kappa shape index (κ1) is 21.4. The van der Waals surface area contributed by atoms with Crippen LogP contribution in [0.1, 0.15) is 33.6 Å². The van der Waals surface area contributed by atoms with Gasteiger partial charge in [0.2, 0.25) is 5.91 Å². The highest BCUT2D eigenvalue weighted by molar-refractivity contribution is 5.93. The topological polar surface area (TPSA) is 71.1 Å². The molecule has 1 aromatic rings. The van der Waals surface area contributed by atoms with Gasteiger partial charge in [0.05, 0.1) is 24.8 Å². The van der Waals surface area contributed by atoms with E-state index >= 15 is 0 Å². The average Bonchev–Trinajstić information content (AvgIpc) is 2.67. The van der Waals surface area contributed by atoms with Crippen LogP contribution in [0.2, 0.25) is 0 Å². The van der Waals surface area contributed by atoms with Crippen molar-refractivity contribution in [1.82, 2.24) is 4.90 Å². The number of carbonyl (C=O) groups excluding carboxylic acids is 2. The molecule has 1 aromatic carbocycles. The molecule has 0 saturated carbocycles. The molecule has 3 rings (SSSR count). The maximum atomic E-state index is 14.5.